The Labute approximate surface area is 88.1 Å². The fourth-order valence-electron chi connectivity index (χ4n) is 2.44. The fourth-order valence-corrected chi connectivity index (χ4v) is 2.44. The van der Waals surface area contributed by atoms with E-state index in [1.54, 1.807) is 0 Å². The summed E-state index contributed by atoms with van der Waals surface area (Å²) >= 11 is 0. The minimum absolute atomic E-state index is 0.161. The van der Waals surface area contributed by atoms with Gasteiger partial charge in [-0.3, -0.25) is 0 Å². The number of rotatable bonds is 5. The summed E-state index contributed by atoms with van der Waals surface area (Å²) in [6.07, 6.45) is 7.53. The average Bonchev–Trinajstić information content (AvgIpc) is 2.18. The second-order valence-corrected chi connectivity index (χ2v) is 4.65. The lowest BCUT2D eigenvalue weighted by Crippen LogP contribution is -2.39. The smallest absolute Gasteiger partial charge is 0.0524 e. The van der Waals surface area contributed by atoms with Gasteiger partial charge in [-0.2, -0.15) is 0 Å². The predicted molar refractivity (Wildman–Crippen MR) is 60.3 cm³/mol. The minimum Gasteiger partial charge on any atom is -0.393 e. The van der Waals surface area contributed by atoms with Crippen molar-refractivity contribution in [3.05, 3.63) is 0 Å². The molecule has 0 unspecified atom stereocenters. The first-order valence-electron chi connectivity index (χ1n) is 6.15. The van der Waals surface area contributed by atoms with Crippen LogP contribution in [0.4, 0.5) is 0 Å². The van der Waals surface area contributed by atoms with Crippen LogP contribution in [-0.2, 0) is 0 Å². The van der Waals surface area contributed by atoms with Gasteiger partial charge in [0.05, 0.1) is 6.10 Å². The number of hydrogen-bond acceptors (Lipinski definition) is 2. The van der Waals surface area contributed by atoms with Crippen LogP contribution < -0.4 is 5.32 Å². The molecule has 0 aliphatic heterocycles. The second kappa shape index (κ2) is 6.41. The fraction of sp³-hybridized carbons (Fsp3) is 1.00. The van der Waals surface area contributed by atoms with Gasteiger partial charge in [0.2, 0.25) is 0 Å². The molecular weight excluding hydrogens is 174 g/mol. The van der Waals surface area contributed by atoms with Crippen LogP contribution in [0.3, 0.4) is 0 Å². The Hall–Kier alpha value is -0.0800. The van der Waals surface area contributed by atoms with E-state index in [0.717, 1.165) is 18.9 Å². The van der Waals surface area contributed by atoms with E-state index in [1.165, 1.54) is 32.1 Å². The van der Waals surface area contributed by atoms with Crippen molar-refractivity contribution in [1.82, 2.24) is 5.32 Å². The summed E-state index contributed by atoms with van der Waals surface area (Å²) in [6, 6.07) is 0.715. The molecule has 1 saturated carbocycles. The van der Waals surface area contributed by atoms with Crippen molar-refractivity contribution in [3.8, 4) is 0 Å². The van der Waals surface area contributed by atoms with Crippen LogP contribution in [0.1, 0.15) is 52.4 Å². The van der Waals surface area contributed by atoms with Gasteiger partial charge in [0.1, 0.15) is 0 Å². The molecule has 14 heavy (non-hydrogen) atoms. The third kappa shape index (κ3) is 3.97. The molecule has 2 heteroatoms. The van der Waals surface area contributed by atoms with E-state index in [-0.39, 0.29) is 6.10 Å². The highest BCUT2D eigenvalue weighted by Crippen LogP contribution is 2.26. The van der Waals surface area contributed by atoms with Crippen LogP contribution in [0.25, 0.3) is 0 Å². The second-order valence-electron chi connectivity index (χ2n) is 4.65. The van der Waals surface area contributed by atoms with Gasteiger partial charge in [0.25, 0.3) is 0 Å². The SMILES string of the molecule is CC[C@@H]1CCCC[C@@H]1NCC[C@H](C)O. The molecule has 2 nitrogen and oxygen atoms in total. The zero-order valence-corrected chi connectivity index (χ0v) is 9.63. The van der Waals surface area contributed by atoms with Crippen molar-refractivity contribution < 1.29 is 5.11 Å². The van der Waals surface area contributed by atoms with E-state index in [9.17, 15) is 0 Å². The summed E-state index contributed by atoms with van der Waals surface area (Å²) in [5.41, 5.74) is 0. The van der Waals surface area contributed by atoms with E-state index in [2.05, 4.69) is 12.2 Å². The van der Waals surface area contributed by atoms with Gasteiger partial charge in [-0.1, -0.05) is 26.2 Å². The zero-order valence-electron chi connectivity index (χ0n) is 9.63. The van der Waals surface area contributed by atoms with Crippen molar-refractivity contribution in [2.24, 2.45) is 5.92 Å². The average molecular weight is 199 g/mol. The van der Waals surface area contributed by atoms with Gasteiger partial charge < -0.3 is 10.4 Å². The van der Waals surface area contributed by atoms with Crippen molar-refractivity contribution in [1.29, 1.82) is 0 Å². The van der Waals surface area contributed by atoms with Gasteiger partial charge in [-0.25, -0.2) is 0 Å². The Bertz CT molecular complexity index is 147. The van der Waals surface area contributed by atoms with Gasteiger partial charge in [0.15, 0.2) is 0 Å². The molecule has 0 aromatic heterocycles. The highest BCUT2D eigenvalue weighted by molar-refractivity contribution is 4.80. The van der Waals surface area contributed by atoms with E-state index in [4.69, 9.17) is 5.11 Å². The molecule has 1 aliphatic rings. The number of aliphatic hydroxyl groups is 1. The molecule has 0 bridgehead atoms. The van der Waals surface area contributed by atoms with Crippen LogP contribution >= 0.6 is 0 Å². The highest BCUT2D eigenvalue weighted by atomic mass is 16.3. The van der Waals surface area contributed by atoms with Crippen LogP contribution in [-0.4, -0.2) is 23.8 Å². The third-order valence-corrected chi connectivity index (χ3v) is 3.40. The van der Waals surface area contributed by atoms with Crippen molar-refractivity contribution >= 4 is 0 Å². The number of nitrogens with one attached hydrogen (secondary N) is 1. The summed E-state index contributed by atoms with van der Waals surface area (Å²) in [5.74, 6) is 0.873. The first-order chi connectivity index (χ1) is 6.74. The summed E-state index contributed by atoms with van der Waals surface area (Å²) in [7, 11) is 0. The molecule has 0 radical (unpaired) electrons. The van der Waals surface area contributed by atoms with Gasteiger partial charge >= 0.3 is 0 Å². The molecule has 84 valence electrons. The van der Waals surface area contributed by atoms with E-state index >= 15 is 0 Å². The van der Waals surface area contributed by atoms with Crippen LogP contribution in [0.15, 0.2) is 0 Å². The molecule has 1 rings (SSSR count). The molecule has 2 N–H and O–H groups in total. The molecule has 0 amide bonds. The van der Waals surface area contributed by atoms with Gasteiger partial charge in [0, 0.05) is 6.04 Å². The lowest BCUT2D eigenvalue weighted by atomic mass is 9.83. The van der Waals surface area contributed by atoms with Crippen molar-refractivity contribution in [2.75, 3.05) is 6.54 Å². The Morgan fingerprint density at radius 2 is 2.07 bits per heavy atom. The van der Waals surface area contributed by atoms with Crippen LogP contribution in [0.5, 0.6) is 0 Å². The lowest BCUT2D eigenvalue weighted by molar-refractivity contribution is 0.175. The quantitative estimate of drug-likeness (QED) is 0.712. The van der Waals surface area contributed by atoms with Crippen molar-refractivity contribution in [2.45, 2.75) is 64.5 Å². The van der Waals surface area contributed by atoms with Crippen LogP contribution in [0, 0.1) is 5.92 Å². The Morgan fingerprint density at radius 3 is 2.71 bits per heavy atom. The number of hydrogen-bond donors (Lipinski definition) is 2. The maximum atomic E-state index is 9.16. The molecule has 1 fully saturated rings. The molecule has 0 heterocycles. The number of aliphatic hydroxyl groups excluding tert-OH is 1. The van der Waals surface area contributed by atoms with E-state index in [0.29, 0.717) is 6.04 Å². The maximum Gasteiger partial charge on any atom is 0.0524 e. The Kier molecular flexibility index (Phi) is 5.49. The molecule has 0 aromatic carbocycles. The van der Waals surface area contributed by atoms with E-state index < -0.39 is 0 Å². The monoisotopic (exact) mass is 199 g/mol. The van der Waals surface area contributed by atoms with Crippen molar-refractivity contribution in [3.63, 3.8) is 0 Å². The molecule has 1 aliphatic carbocycles. The molecule has 0 saturated heterocycles. The molecular formula is C12H25NO. The minimum atomic E-state index is -0.161. The Morgan fingerprint density at radius 1 is 1.36 bits per heavy atom. The molecule has 0 aromatic rings. The summed E-state index contributed by atoms with van der Waals surface area (Å²) in [4.78, 5) is 0. The van der Waals surface area contributed by atoms with Gasteiger partial charge in [-0.15, -0.1) is 0 Å². The van der Waals surface area contributed by atoms with Gasteiger partial charge in [-0.05, 0) is 38.6 Å². The summed E-state index contributed by atoms with van der Waals surface area (Å²) < 4.78 is 0. The topological polar surface area (TPSA) is 32.3 Å². The zero-order chi connectivity index (χ0) is 10.4. The first-order valence-corrected chi connectivity index (χ1v) is 6.15. The predicted octanol–water partition coefficient (Wildman–Crippen LogP) is 2.32. The lowest BCUT2D eigenvalue weighted by Gasteiger charge is -2.31. The maximum absolute atomic E-state index is 9.16. The normalized spacial score (nSPS) is 30.2. The summed E-state index contributed by atoms with van der Waals surface area (Å²) in [6.45, 7) is 5.12. The standard InChI is InChI=1S/C12H25NO/c1-3-11-6-4-5-7-12(11)13-9-8-10(2)14/h10-14H,3-9H2,1-2H3/t10-,11+,12-/m0/s1. The van der Waals surface area contributed by atoms with Crippen LogP contribution in [0.2, 0.25) is 0 Å². The summed E-state index contributed by atoms with van der Waals surface area (Å²) in [5, 5.41) is 12.8. The Balaban J connectivity index is 2.19. The van der Waals surface area contributed by atoms with E-state index in [1.807, 2.05) is 6.92 Å². The third-order valence-electron chi connectivity index (χ3n) is 3.40. The first kappa shape index (κ1) is 12.0. The molecule has 0 spiro atoms. The largest absolute Gasteiger partial charge is 0.393 e. The molecule has 3 atom stereocenters. The highest BCUT2D eigenvalue weighted by Gasteiger charge is 2.22.